The first-order valence-corrected chi connectivity index (χ1v) is 12.1. The molecule has 1 heterocycles. The number of nitrogens with one attached hydrogen (secondary N) is 1. The summed E-state index contributed by atoms with van der Waals surface area (Å²) in [6.45, 7) is 2.90. The molecule has 0 aliphatic carbocycles. The van der Waals surface area contributed by atoms with Gasteiger partial charge in [0.15, 0.2) is 0 Å². The van der Waals surface area contributed by atoms with E-state index in [0.717, 1.165) is 44.5 Å². The maximum absolute atomic E-state index is 6.98. The monoisotopic (exact) mass is 453 g/mol. The molecule has 0 unspecified atom stereocenters. The van der Waals surface area contributed by atoms with Gasteiger partial charge in [-0.25, -0.2) is 0 Å². The third kappa shape index (κ3) is 4.08. The van der Waals surface area contributed by atoms with Gasteiger partial charge in [-0.05, 0) is 41.4 Å². The molecule has 33 heavy (non-hydrogen) atoms. The number of hydrogen-bond acceptors (Lipinski definition) is 4. The van der Waals surface area contributed by atoms with Crippen LogP contribution in [0.4, 0.5) is 0 Å². The molecule has 3 nitrogen and oxygen atoms in total. The number of ether oxygens (including phenoxy) is 2. The Labute approximate surface area is 198 Å². The third-order valence-electron chi connectivity index (χ3n) is 6.05. The largest absolute Gasteiger partial charge is 0.446 e. The summed E-state index contributed by atoms with van der Waals surface area (Å²) in [6.07, 6.45) is 0. The molecular weight excluding hydrogens is 426 g/mol. The summed E-state index contributed by atoms with van der Waals surface area (Å²) in [4.78, 5) is 1.03. The fourth-order valence-electron chi connectivity index (χ4n) is 4.38. The number of hydrogen-bond donors (Lipinski definition) is 1. The van der Waals surface area contributed by atoms with Gasteiger partial charge in [-0.2, -0.15) is 0 Å². The van der Waals surface area contributed by atoms with E-state index < -0.39 is 5.79 Å². The zero-order chi connectivity index (χ0) is 22.7. The zero-order valence-electron chi connectivity index (χ0n) is 18.8. The fourth-order valence-corrected chi connectivity index (χ4v) is 5.29. The molecular formula is C29H27NO2S. The van der Waals surface area contributed by atoms with Crippen LogP contribution < -0.4 is 14.8 Å². The Morgan fingerprint density at radius 3 is 1.79 bits per heavy atom. The summed E-state index contributed by atoms with van der Waals surface area (Å²) in [6, 6.07) is 33.1. The predicted octanol–water partition coefficient (Wildman–Crippen LogP) is 7.22. The van der Waals surface area contributed by atoms with Crippen LogP contribution >= 0.6 is 11.3 Å². The minimum Gasteiger partial charge on any atom is -0.446 e. The van der Waals surface area contributed by atoms with Crippen molar-refractivity contribution in [3.63, 3.8) is 0 Å². The summed E-state index contributed by atoms with van der Waals surface area (Å²) in [5, 5.41) is 9.82. The Balaban J connectivity index is 1.70. The Kier molecular flexibility index (Phi) is 6.03. The molecule has 5 aromatic rings. The lowest BCUT2D eigenvalue weighted by atomic mass is 9.97. The average Bonchev–Trinajstić information content (AvgIpc) is 3.40. The van der Waals surface area contributed by atoms with E-state index in [1.807, 2.05) is 43.4 Å². The number of thiophene rings is 1. The van der Waals surface area contributed by atoms with Gasteiger partial charge in [0.2, 0.25) is 0 Å². The van der Waals surface area contributed by atoms with E-state index in [-0.39, 0.29) is 5.92 Å². The Bertz CT molecular complexity index is 1270. The molecule has 1 N–H and O–H groups in total. The van der Waals surface area contributed by atoms with Crippen molar-refractivity contribution in [3.8, 4) is 11.5 Å². The molecule has 0 aliphatic heterocycles. The minimum atomic E-state index is -1.01. The topological polar surface area (TPSA) is 30.5 Å². The van der Waals surface area contributed by atoms with E-state index in [1.54, 1.807) is 11.3 Å². The van der Waals surface area contributed by atoms with Gasteiger partial charge in [0.1, 0.15) is 11.5 Å². The van der Waals surface area contributed by atoms with Gasteiger partial charge < -0.3 is 14.8 Å². The van der Waals surface area contributed by atoms with Gasteiger partial charge in [-0.15, -0.1) is 11.3 Å². The van der Waals surface area contributed by atoms with E-state index in [0.29, 0.717) is 0 Å². The van der Waals surface area contributed by atoms with Crippen molar-refractivity contribution in [3.05, 3.63) is 107 Å². The molecule has 0 fully saturated rings. The van der Waals surface area contributed by atoms with Crippen LogP contribution in [0.2, 0.25) is 0 Å². The molecule has 5 rings (SSSR count). The highest BCUT2D eigenvalue weighted by molar-refractivity contribution is 7.10. The molecule has 4 aromatic carbocycles. The number of benzene rings is 4. The molecule has 1 atom stereocenters. The Morgan fingerprint density at radius 1 is 0.727 bits per heavy atom. The first-order valence-electron chi connectivity index (χ1n) is 11.2. The van der Waals surface area contributed by atoms with E-state index in [1.165, 1.54) is 0 Å². The molecule has 0 saturated heterocycles. The Morgan fingerprint density at radius 2 is 1.27 bits per heavy atom. The zero-order valence-corrected chi connectivity index (χ0v) is 19.6. The van der Waals surface area contributed by atoms with Gasteiger partial charge in [0.25, 0.3) is 5.79 Å². The molecule has 0 spiro atoms. The molecule has 0 bridgehead atoms. The van der Waals surface area contributed by atoms with Gasteiger partial charge >= 0.3 is 0 Å². The standard InChI is InChI=1S/C29H27NO2S/c1-21(20-30-2)29(28-18-9-19-33-28,31-26-16-7-12-22-10-3-5-14-24(22)26)32-27-17-8-13-23-11-4-6-15-25(23)27/h3-19,21,30H,20H2,1-2H3/t21-/m0/s1. The summed E-state index contributed by atoms with van der Waals surface area (Å²) in [5.74, 6) is 0.624. The fraction of sp³-hybridized carbons (Fsp3) is 0.172. The van der Waals surface area contributed by atoms with Crippen LogP contribution in [0.1, 0.15) is 11.8 Å². The van der Waals surface area contributed by atoms with Gasteiger partial charge in [-0.1, -0.05) is 85.8 Å². The van der Waals surface area contributed by atoms with Crippen molar-refractivity contribution >= 4 is 32.9 Å². The highest BCUT2D eigenvalue weighted by atomic mass is 32.1. The summed E-state index contributed by atoms with van der Waals surface area (Å²) in [7, 11) is 1.96. The van der Waals surface area contributed by atoms with Crippen molar-refractivity contribution in [2.45, 2.75) is 12.7 Å². The molecule has 166 valence electrons. The second kappa shape index (κ2) is 9.26. The lowest BCUT2D eigenvalue weighted by Crippen LogP contribution is -2.48. The van der Waals surface area contributed by atoms with Gasteiger partial charge in [0, 0.05) is 17.3 Å². The summed E-state index contributed by atoms with van der Waals surface area (Å²) < 4.78 is 14.0. The number of fused-ring (bicyclic) bond motifs is 2. The average molecular weight is 454 g/mol. The highest BCUT2D eigenvalue weighted by Gasteiger charge is 2.45. The quantitative estimate of drug-likeness (QED) is 0.252. The van der Waals surface area contributed by atoms with E-state index in [4.69, 9.17) is 9.47 Å². The normalized spacial score (nSPS) is 12.7. The molecule has 0 radical (unpaired) electrons. The van der Waals surface area contributed by atoms with Crippen LogP contribution in [-0.2, 0) is 5.79 Å². The van der Waals surface area contributed by atoms with E-state index in [2.05, 4.69) is 78.3 Å². The van der Waals surface area contributed by atoms with Crippen molar-refractivity contribution in [2.24, 2.45) is 5.92 Å². The Hall–Kier alpha value is -3.34. The van der Waals surface area contributed by atoms with Crippen LogP contribution in [-0.4, -0.2) is 13.6 Å². The van der Waals surface area contributed by atoms with Crippen LogP contribution in [0.3, 0.4) is 0 Å². The molecule has 1 aromatic heterocycles. The van der Waals surface area contributed by atoms with Crippen LogP contribution in [0.15, 0.2) is 102 Å². The summed E-state index contributed by atoms with van der Waals surface area (Å²) in [5.41, 5.74) is 0. The molecule has 4 heteroatoms. The smallest absolute Gasteiger partial charge is 0.290 e. The van der Waals surface area contributed by atoms with E-state index >= 15 is 0 Å². The summed E-state index contributed by atoms with van der Waals surface area (Å²) >= 11 is 1.66. The maximum atomic E-state index is 6.98. The molecule has 0 aliphatic rings. The predicted molar refractivity (Wildman–Crippen MR) is 138 cm³/mol. The molecule has 0 saturated carbocycles. The van der Waals surface area contributed by atoms with Crippen LogP contribution in [0.5, 0.6) is 11.5 Å². The van der Waals surface area contributed by atoms with Crippen molar-refractivity contribution in [2.75, 3.05) is 13.6 Å². The van der Waals surface area contributed by atoms with Crippen molar-refractivity contribution in [1.29, 1.82) is 0 Å². The molecule has 0 amide bonds. The van der Waals surface area contributed by atoms with Crippen molar-refractivity contribution < 1.29 is 9.47 Å². The third-order valence-corrected chi connectivity index (χ3v) is 7.01. The van der Waals surface area contributed by atoms with Gasteiger partial charge in [-0.3, -0.25) is 0 Å². The van der Waals surface area contributed by atoms with E-state index in [9.17, 15) is 0 Å². The highest BCUT2D eigenvalue weighted by Crippen LogP contribution is 2.43. The lowest BCUT2D eigenvalue weighted by molar-refractivity contribution is -0.155. The first-order chi connectivity index (χ1) is 16.2. The minimum absolute atomic E-state index is 0.0130. The van der Waals surface area contributed by atoms with Gasteiger partial charge in [0.05, 0.1) is 10.8 Å². The maximum Gasteiger partial charge on any atom is 0.290 e. The second-order valence-electron chi connectivity index (χ2n) is 8.26. The number of rotatable bonds is 8. The van der Waals surface area contributed by atoms with Crippen LogP contribution in [0, 0.1) is 5.92 Å². The SMILES string of the molecule is CNC[C@H](C)C(Oc1cccc2ccccc12)(Oc1cccc2ccccc12)c1cccs1. The lowest BCUT2D eigenvalue weighted by Gasteiger charge is -2.39. The van der Waals surface area contributed by atoms with Crippen LogP contribution in [0.25, 0.3) is 21.5 Å². The first kappa shape index (κ1) is 21.5. The second-order valence-corrected chi connectivity index (χ2v) is 9.21. The van der Waals surface area contributed by atoms with Crippen molar-refractivity contribution in [1.82, 2.24) is 5.32 Å².